The Morgan fingerprint density at radius 1 is 0.853 bits per heavy atom. The van der Waals surface area contributed by atoms with Gasteiger partial charge in [-0.2, -0.15) is 0 Å². The Labute approximate surface area is 217 Å². The van der Waals surface area contributed by atoms with E-state index in [9.17, 15) is 8.42 Å². The second kappa shape index (κ2) is 14.3. The summed E-state index contributed by atoms with van der Waals surface area (Å²) in [4.78, 5) is 15.7. The fourth-order valence-corrected chi connectivity index (χ4v) is 6.54. The second-order valence-corrected chi connectivity index (χ2v) is 13.6. The van der Waals surface area contributed by atoms with Crippen molar-refractivity contribution >= 4 is 66.7 Å². The van der Waals surface area contributed by atoms with E-state index in [1.807, 2.05) is 18.0 Å². The minimum Gasteiger partial charge on any atom is -0.348 e. The Morgan fingerprint density at radius 3 is 1.82 bits per heavy atom. The molecule has 0 unspecified atom stereocenters. The van der Waals surface area contributed by atoms with E-state index in [0.717, 1.165) is 28.9 Å². The topological polar surface area (TPSA) is 66.4 Å². The lowest BCUT2D eigenvalue weighted by atomic mass is 10.1. The minimum atomic E-state index is -3.05. The molecular formula is C24H36N4O2S4. The monoisotopic (exact) mass is 540 g/mol. The summed E-state index contributed by atoms with van der Waals surface area (Å²) >= 11 is 5.19. The van der Waals surface area contributed by atoms with Gasteiger partial charge in [-0.3, -0.25) is 0 Å². The van der Waals surface area contributed by atoms with E-state index < -0.39 is 9.84 Å². The van der Waals surface area contributed by atoms with Gasteiger partial charge in [0.2, 0.25) is 0 Å². The molecule has 0 saturated carbocycles. The van der Waals surface area contributed by atoms with Gasteiger partial charge < -0.3 is 9.80 Å². The van der Waals surface area contributed by atoms with Gasteiger partial charge in [-0.05, 0) is 61.8 Å². The largest absolute Gasteiger partial charge is 0.348 e. The van der Waals surface area contributed by atoms with Gasteiger partial charge in [0.05, 0.1) is 5.75 Å². The summed E-state index contributed by atoms with van der Waals surface area (Å²) in [6.07, 6.45) is 15.3. The molecule has 0 aliphatic carbocycles. The van der Waals surface area contributed by atoms with E-state index in [1.54, 1.807) is 41.9 Å². The van der Waals surface area contributed by atoms with Gasteiger partial charge >= 0.3 is 0 Å². The highest BCUT2D eigenvalue weighted by atomic mass is 32.2. The van der Waals surface area contributed by atoms with Crippen LogP contribution in [0.2, 0.25) is 0 Å². The zero-order valence-electron chi connectivity index (χ0n) is 20.2. The van der Waals surface area contributed by atoms with Gasteiger partial charge in [-0.1, -0.05) is 36.5 Å². The molecule has 0 amide bonds. The van der Waals surface area contributed by atoms with E-state index in [0.29, 0.717) is 0 Å². The standard InChI is InChI=1S/C12H18N2O2S2.C12H18N2S2/c1-2-18(15,16)9-6-11-10-13-12(17-11)14-7-4-3-5-8-14;1-2-15-9-6-11-10-13-12(16-11)14-7-4-3-5-8-14/h6,9-10H,2-5,7-8H2,1H3;6,9-10H,2-5,7-8H2,1H3/b2*9-6+. The maximum Gasteiger partial charge on any atom is 0.185 e. The van der Waals surface area contributed by atoms with Crippen LogP contribution in [0.15, 0.2) is 23.2 Å². The van der Waals surface area contributed by atoms with Crippen LogP contribution >= 0.6 is 34.4 Å². The molecule has 2 aromatic rings. The summed E-state index contributed by atoms with van der Waals surface area (Å²) in [6, 6.07) is 0. The molecule has 0 spiro atoms. The van der Waals surface area contributed by atoms with E-state index in [4.69, 9.17) is 0 Å². The highest BCUT2D eigenvalue weighted by molar-refractivity contribution is 8.02. The van der Waals surface area contributed by atoms with Crippen LogP contribution in [0.5, 0.6) is 0 Å². The third kappa shape index (κ3) is 9.02. The summed E-state index contributed by atoms with van der Waals surface area (Å²) in [5, 5.41) is 5.64. The molecule has 2 saturated heterocycles. The van der Waals surface area contributed by atoms with E-state index in [2.05, 4.69) is 38.2 Å². The van der Waals surface area contributed by atoms with Gasteiger partial charge in [-0.15, -0.1) is 11.8 Å². The van der Waals surface area contributed by atoms with Crippen LogP contribution in [0.4, 0.5) is 10.3 Å². The average Bonchev–Trinajstić information content (AvgIpc) is 3.55. The molecule has 0 N–H and O–H groups in total. The van der Waals surface area contributed by atoms with Crippen molar-refractivity contribution in [2.24, 2.45) is 0 Å². The Hall–Kier alpha value is -1.36. The number of nitrogens with zero attached hydrogens (tertiary/aromatic N) is 4. The van der Waals surface area contributed by atoms with Crippen molar-refractivity contribution in [1.82, 2.24) is 9.97 Å². The molecule has 4 rings (SSSR count). The number of rotatable bonds is 8. The molecule has 2 aliphatic heterocycles. The Morgan fingerprint density at radius 2 is 1.35 bits per heavy atom. The van der Waals surface area contributed by atoms with Gasteiger partial charge in [0.1, 0.15) is 0 Å². The van der Waals surface area contributed by atoms with Crippen LogP contribution in [0.3, 0.4) is 0 Å². The number of thioether (sulfide) groups is 1. The molecule has 0 atom stereocenters. The van der Waals surface area contributed by atoms with Crippen LogP contribution in [-0.2, 0) is 9.84 Å². The molecule has 0 aromatic carbocycles. The maximum absolute atomic E-state index is 11.4. The molecule has 188 valence electrons. The predicted molar refractivity (Wildman–Crippen MR) is 152 cm³/mol. The van der Waals surface area contributed by atoms with Crippen molar-refractivity contribution < 1.29 is 8.42 Å². The van der Waals surface area contributed by atoms with Crippen LogP contribution in [0.25, 0.3) is 12.2 Å². The van der Waals surface area contributed by atoms with E-state index in [-0.39, 0.29) is 5.75 Å². The summed E-state index contributed by atoms with van der Waals surface area (Å²) in [7, 11) is -3.05. The van der Waals surface area contributed by atoms with Crippen LogP contribution < -0.4 is 9.80 Å². The summed E-state index contributed by atoms with van der Waals surface area (Å²) < 4.78 is 22.7. The number of hydrogen-bond acceptors (Lipinski definition) is 9. The fourth-order valence-electron chi connectivity index (χ4n) is 3.65. The Balaban J connectivity index is 0.000000192. The summed E-state index contributed by atoms with van der Waals surface area (Å²) in [5.41, 5.74) is 0. The lowest BCUT2D eigenvalue weighted by molar-refractivity contribution is 0.577. The van der Waals surface area contributed by atoms with Crippen LogP contribution in [-0.4, -0.2) is 56.1 Å². The fraction of sp³-hybridized carbons (Fsp3) is 0.583. The molecular weight excluding hydrogens is 505 g/mol. The molecule has 0 bridgehead atoms. The first-order chi connectivity index (χ1) is 16.5. The number of anilines is 2. The van der Waals surface area contributed by atoms with Gasteiger partial charge in [0.25, 0.3) is 0 Å². The van der Waals surface area contributed by atoms with Crippen molar-refractivity contribution in [1.29, 1.82) is 0 Å². The molecule has 2 aliphatic rings. The third-order valence-electron chi connectivity index (χ3n) is 5.61. The molecule has 0 radical (unpaired) electrons. The first-order valence-electron chi connectivity index (χ1n) is 12.1. The molecule has 2 aromatic heterocycles. The van der Waals surface area contributed by atoms with E-state index in [1.165, 1.54) is 67.0 Å². The lowest BCUT2D eigenvalue weighted by Crippen LogP contribution is -2.29. The predicted octanol–water partition coefficient (Wildman–Crippen LogP) is 6.40. The highest BCUT2D eigenvalue weighted by Crippen LogP contribution is 2.27. The van der Waals surface area contributed by atoms with Gasteiger partial charge in [0, 0.05) is 53.7 Å². The molecule has 6 nitrogen and oxygen atoms in total. The van der Waals surface area contributed by atoms with Crippen LogP contribution in [0.1, 0.15) is 62.1 Å². The van der Waals surface area contributed by atoms with Gasteiger partial charge in [-0.25, -0.2) is 18.4 Å². The van der Waals surface area contributed by atoms with Crippen molar-refractivity contribution in [3.05, 3.63) is 33.0 Å². The Kier molecular flexibility index (Phi) is 11.4. The van der Waals surface area contributed by atoms with E-state index >= 15 is 0 Å². The number of thiazole rings is 2. The molecule has 4 heterocycles. The Bertz CT molecular complexity index is 1020. The second-order valence-electron chi connectivity index (χ2n) is 8.20. The first-order valence-corrected chi connectivity index (χ1v) is 16.5. The van der Waals surface area contributed by atoms with Gasteiger partial charge in [0.15, 0.2) is 20.1 Å². The number of piperidine rings is 2. The van der Waals surface area contributed by atoms with Crippen molar-refractivity contribution in [2.75, 3.05) is 47.5 Å². The number of hydrogen-bond donors (Lipinski definition) is 0. The maximum atomic E-state index is 11.4. The average molecular weight is 541 g/mol. The van der Waals surface area contributed by atoms with Crippen molar-refractivity contribution in [3.63, 3.8) is 0 Å². The molecule has 34 heavy (non-hydrogen) atoms. The zero-order chi connectivity index (χ0) is 24.2. The minimum absolute atomic E-state index is 0.140. The van der Waals surface area contributed by atoms with Crippen molar-refractivity contribution in [3.8, 4) is 0 Å². The van der Waals surface area contributed by atoms with Crippen molar-refractivity contribution in [2.45, 2.75) is 52.4 Å². The number of sulfone groups is 1. The molecule has 10 heteroatoms. The highest BCUT2D eigenvalue weighted by Gasteiger charge is 2.14. The third-order valence-corrected chi connectivity index (χ3v) is 9.68. The number of aromatic nitrogens is 2. The normalized spacial score (nSPS) is 17.4. The van der Waals surface area contributed by atoms with Crippen LogP contribution in [0, 0.1) is 0 Å². The first kappa shape index (κ1) is 27.2. The lowest BCUT2D eigenvalue weighted by Gasteiger charge is -2.25. The summed E-state index contributed by atoms with van der Waals surface area (Å²) in [6.45, 7) is 8.29. The quantitative estimate of drug-likeness (QED) is 0.384. The zero-order valence-corrected chi connectivity index (χ0v) is 23.5. The summed E-state index contributed by atoms with van der Waals surface area (Å²) in [5.74, 6) is 1.27. The smallest absolute Gasteiger partial charge is 0.185 e. The molecule has 2 fully saturated rings. The SMILES string of the molecule is CCS(=O)(=O)/C=C/c1cnc(N2CCCCC2)s1.CCS/C=C/c1cnc(N2CCCCC2)s1.